The number of methoxy groups -OCH3 is 1. The van der Waals surface area contributed by atoms with E-state index >= 15 is 0 Å². The highest BCUT2D eigenvalue weighted by molar-refractivity contribution is 7.10. The number of thiophene rings is 1. The number of carbonyl (C=O) groups excluding carboxylic acids is 1. The number of hydrogen-bond donors (Lipinski definition) is 1. The van der Waals surface area contributed by atoms with Crippen molar-refractivity contribution in [3.05, 3.63) is 22.4 Å². The molecule has 0 saturated carbocycles. The SMILES string of the molecule is CO[C@H]1CCN(C(=O)Cc2cccs2)[C@H](CN)C1. The van der Waals surface area contributed by atoms with Gasteiger partial charge in [-0.05, 0) is 24.3 Å². The van der Waals surface area contributed by atoms with Crippen LogP contribution in [-0.4, -0.2) is 43.2 Å². The number of ether oxygens (including phenoxy) is 1. The molecule has 0 aromatic carbocycles. The number of likely N-dealkylation sites (tertiary alicyclic amines) is 1. The first-order valence-corrected chi connectivity index (χ1v) is 7.17. The van der Waals surface area contributed by atoms with Crippen molar-refractivity contribution in [2.45, 2.75) is 31.4 Å². The first-order valence-electron chi connectivity index (χ1n) is 6.29. The number of piperidine rings is 1. The van der Waals surface area contributed by atoms with Gasteiger partial charge in [0, 0.05) is 31.1 Å². The van der Waals surface area contributed by atoms with Crippen LogP contribution >= 0.6 is 11.3 Å². The van der Waals surface area contributed by atoms with Crippen LogP contribution in [0.4, 0.5) is 0 Å². The van der Waals surface area contributed by atoms with Crippen LogP contribution in [0, 0.1) is 0 Å². The monoisotopic (exact) mass is 268 g/mol. The molecule has 18 heavy (non-hydrogen) atoms. The third-order valence-electron chi connectivity index (χ3n) is 3.50. The minimum atomic E-state index is 0.121. The Labute approximate surface area is 112 Å². The van der Waals surface area contributed by atoms with E-state index in [0.717, 1.165) is 24.3 Å². The van der Waals surface area contributed by atoms with E-state index in [1.807, 2.05) is 22.4 Å². The third kappa shape index (κ3) is 3.10. The fourth-order valence-corrected chi connectivity index (χ4v) is 3.14. The van der Waals surface area contributed by atoms with Crippen molar-refractivity contribution in [1.82, 2.24) is 4.90 Å². The van der Waals surface area contributed by atoms with Crippen LogP contribution in [0.5, 0.6) is 0 Å². The van der Waals surface area contributed by atoms with E-state index in [0.29, 0.717) is 13.0 Å². The van der Waals surface area contributed by atoms with Crippen molar-refractivity contribution >= 4 is 17.2 Å². The topological polar surface area (TPSA) is 55.6 Å². The Kier molecular flexibility index (Phi) is 4.74. The molecule has 1 aromatic rings. The average molecular weight is 268 g/mol. The van der Waals surface area contributed by atoms with Gasteiger partial charge in [0.05, 0.1) is 12.5 Å². The minimum absolute atomic E-state index is 0.121. The van der Waals surface area contributed by atoms with Gasteiger partial charge in [-0.3, -0.25) is 4.79 Å². The molecule has 5 heteroatoms. The molecule has 2 N–H and O–H groups in total. The van der Waals surface area contributed by atoms with Gasteiger partial charge in [0.2, 0.25) is 5.91 Å². The van der Waals surface area contributed by atoms with Crippen LogP contribution in [0.1, 0.15) is 17.7 Å². The van der Waals surface area contributed by atoms with Crippen LogP contribution in [0.3, 0.4) is 0 Å². The minimum Gasteiger partial charge on any atom is -0.381 e. The van der Waals surface area contributed by atoms with Crippen LogP contribution in [-0.2, 0) is 16.0 Å². The summed E-state index contributed by atoms with van der Waals surface area (Å²) in [6.07, 6.45) is 2.49. The molecule has 0 spiro atoms. The van der Waals surface area contributed by atoms with E-state index < -0.39 is 0 Å². The lowest BCUT2D eigenvalue weighted by Gasteiger charge is -2.38. The molecule has 1 fully saturated rings. The highest BCUT2D eigenvalue weighted by Gasteiger charge is 2.30. The Bertz CT molecular complexity index is 380. The largest absolute Gasteiger partial charge is 0.381 e. The molecular weight excluding hydrogens is 248 g/mol. The van der Waals surface area contributed by atoms with E-state index in [2.05, 4.69) is 0 Å². The highest BCUT2D eigenvalue weighted by atomic mass is 32.1. The van der Waals surface area contributed by atoms with Crippen molar-refractivity contribution in [2.24, 2.45) is 5.73 Å². The number of amides is 1. The molecule has 1 saturated heterocycles. The third-order valence-corrected chi connectivity index (χ3v) is 4.38. The Morgan fingerprint density at radius 3 is 3.11 bits per heavy atom. The fourth-order valence-electron chi connectivity index (χ4n) is 2.44. The Morgan fingerprint density at radius 2 is 2.50 bits per heavy atom. The molecule has 1 aliphatic rings. The molecule has 0 aliphatic carbocycles. The number of carbonyl (C=O) groups is 1. The maximum absolute atomic E-state index is 12.3. The van der Waals surface area contributed by atoms with Crippen molar-refractivity contribution in [3.8, 4) is 0 Å². The Hall–Kier alpha value is -0.910. The van der Waals surface area contributed by atoms with E-state index in [1.54, 1.807) is 18.4 Å². The van der Waals surface area contributed by atoms with Crippen molar-refractivity contribution in [2.75, 3.05) is 20.2 Å². The molecule has 2 heterocycles. The van der Waals surface area contributed by atoms with Crippen molar-refractivity contribution in [1.29, 1.82) is 0 Å². The van der Waals surface area contributed by atoms with E-state index in [-0.39, 0.29) is 18.1 Å². The molecule has 0 radical (unpaired) electrons. The summed E-state index contributed by atoms with van der Waals surface area (Å²) >= 11 is 1.63. The van der Waals surface area contributed by atoms with Gasteiger partial charge in [-0.2, -0.15) is 0 Å². The molecule has 1 amide bonds. The summed E-state index contributed by atoms with van der Waals surface area (Å²) in [6.45, 7) is 1.26. The first-order chi connectivity index (χ1) is 8.74. The number of rotatable bonds is 4. The molecular formula is C13H20N2O2S. The second-order valence-electron chi connectivity index (χ2n) is 4.61. The van der Waals surface area contributed by atoms with Crippen LogP contribution < -0.4 is 5.73 Å². The molecule has 1 aliphatic heterocycles. The maximum Gasteiger partial charge on any atom is 0.228 e. The fraction of sp³-hybridized carbons (Fsp3) is 0.615. The predicted octanol–water partition coefficient (Wildman–Crippen LogP) is 1.26. The van der Waals surface area contributed by atoms with Crippen LogP contribution in [0.15, 0.2) is 17.5 Å². The van der Waals surface area contributed by atoms with Gasteiger partial charge in [-0.1, -0.05) is 6.07 Å². The Morgan fingerprint density at radius 1 is 1.67 bits per heavy atom. The standard InChI is InChI=1S/C13H20N2O2S/c1-17-11-4-5-15(10(7-11)9-14)13(16)8-12-3-2-6-18-12/h2-3,6,10-11H,4-5,7-9,14H2,1H3/t10-,11-/m0/s1. The summed E-state index contributed by atoms with van der Waals surface area (Å²) in [4.78, 5) is 15.3. The molecule has 100 valence electrons. The Balaban J connectivity index is 1.96. The van der Waals surface area contributed by atoms with Gasteiger partial charge in [-0.25, -0.2) is 0 Å². The summed E-state index contributed by atoms with van der Waals surface area (Å²) in [5.41, 5.74) is 5.77. The van der Waals surface area contributed by atoms with Crippen molar-refractivity contribution in [3.63, 3.8) is 0 Å². The lowest BCUT2D eigenvalue weighted by molar-refractivity contribution is -0.136. The summed E-state index contributed by atoms with van der Waals surface area (Å²) in [7, 11) is 1.72. The molecule has 2 rings (SSSR count). The van der Waals surface area contributed by atoms with E-state index in [4.69, 9.17) is 10.5 Å². The first kappa shape index (κ1) is 13.5. The normalized spacial score (nSPS) is 24.2. The lowest BCUT2D eigenvalue weighted by Crippen LogP contribution is -2.51. The van der Waals surface area contributed by atoms with Gasteiger partial charge >= 0.3 is 0 Å². The maximum atomic E-state index is 12.3. The number of nitrogens with zero attached hydrogens (tertiary/aromatic N) is 1. The van der Waals surface area contributed by atoms with Gasteiger partial charge in [0.1, 0.15) is 0 Å². The second-order valence-corrected chi connectivity index (χ2v) is 5.65. The number of hydrogen-bond acceptors (Lipinski definition) is 4. The zero-order valence-corrected chi connectivity index (χ0v) is 11.5. The van der Waals surface area contributed by atoms with Gasteiger partial charge in [0.25, 0.3) is 0 Å². The second kappa shape index (κ2) is 6.31. The highest BCUT2D eigenvalue weighted by Crippen LogP contribution is 2.21. The number of nitrogens with two attached hydrogens (primary N) is 1. The smallest absolute Gasteiger partial charge is 0.228 e. The zero-order chi connectivity index (χ0) is 13.0. The predicted molar refractivity (Wildman–Crippen MR) is 72.6 cm³/mol. The molecule has 1 aromatic heterocycles. The molecule has 4 nitrogen and oxygen atoms in total. The van der Waals surface area contributed by atoms with Gasteiger partial charge in [0.15, 0.2) is 0 Å². The van der Waals surface area contributed by atoms with Gasteiger partial charge < -0.3 is 15.4 Å². The average Bonchev–Trinajstić information content (AvgIpc) is 2.90. The zero-order valence-electron chi connectivity index (χ0n) is 10.7. The van der Waals surface area contributed by atoms with E-state index in [1.165, 1.54) is 0 Å². The summed E-state index contributed by atoms with van der Waals surface area (Å²) in [5.74, 6) is 0.183. The summed E-state index contributed by atoms with van der Waals surface area (Å²) < 4.78 is 5.37. The van der Waals surface area contributed by atoms with Crippen LogP contribution in [0.2, 0.25) is 0 Å². The van der Waals surface area contributed by atoms with Crippen LogP contribution in [0.25, 0.3) is 0 Å². The quantitative estimate of drug-likeness (QED) is 0.894. The van der Waals surface area contributed by atoms with Gasteiger partial charge in [-0.15, -0.1) is 11.3 Å². The molecule has 0 unspecified atom stereocenters. The summed E-state index contributed by atoms with van der Waals surface area (Å²) in [6, 6.07) is 4.10. The lowest BCUT2D eigenvalue weighted by atomic mass is 9.99. The van der Waals surface area contributed by atoms with Crippen molar-refractivity contribution < 1.29 is 9.53 Å². The van der Waals surface area contributed by atoms with E-state index in [9.17, 15) is 4.79 Å². The molecule has 2 atom stereocenters. The molecule has 0 bridgehead atoms. The summed E-state index contributed by atoms with van der Waals surface area (Å²) in [5, 5.41) is 2.00.